The second-order valence-electron chi connectivity index (χ2n) is 11.9. The van der Waals surface area contributed by atoms with Crippen molar-refractivity contribution >= 4 is 39.2 Å². The number of rotatable bonds is 19. The molecule has 0 bridgehead atoms. The largest absolute Gasteiger partial charge is 0.497 e. The molecular formula is C39H48F2N2O8S. The third-order valence-electron chi connectivity index (χ3n) is 7.88. The number of esters is 1. The predicted octanol–water partition coefficient (Wildman–Crippen LogP) is 6.01. The van der Waals surface area contributed by atoms with Gasteiger partial charge in [-0.3, -0.25) is 10.1 Å². The van der Waals surface area contributed by atoms with Crippen molar-refractivity contribution < 1.29 is 46.2 Å². The van der Waals surface area contributed by atoms with Crippen LogP contribution >= 0.6 is 0 Å². The van der Waals surface area contributed by atoms with E-state index in [0.29, 0.717) is 25.2 Å². The van der Waals surface area contributed by atoms with E-state index in [2.05, 4.69) is 29.3 Å². The number of likely N-dealkylation sites (N-methyl/N-ethyl adjacent to an activating group) is 1. The first-order valence-corrected chi connectivity index (χ1v) is 18.7. The Morgan fingerprint density at radius 2 is 1.56 bits per heavy atom. The molecule has 0 amide bonds. The number of carboxylic acids is 1. The summed E-state index contributed by atoms with van der Waals surface area (Å²) in [5.41, 5.74) is 0.961. The van der Waals surface area contributed by atoms with Crippen molar-refractivity contribution in [2.75, 3.05) is 26.5 Å². The summed E-state index contributed by atoms with van der Waals surface area (Å²) < 4.78 is 61.6. The van der Waals surface area contributed by atoms with E-state index >= 15 is 0 Å². The third-order valence-corrected chi connectivity index (χ3v) is 9.00. The summed E-state index contributed by atoms with van der Waals surface area (Å²) >= 11 is 0. The lowest BCUT2D eigenvalue weighted by Gasteiger charge is -2.22. The molecule has 0 aliphatic heterocycles. The fourth-order valence-electron chi connectivity index (χ4n) is 5.13. The Morgan fingerprint density at radius 3 is 2.08 bits per heavy atom. The number of carbonyl (C=O) groups excluding carboxylic acids is 2. The molecule has 3 aromatic rings. The summed E-state index contributed by atoms with van der Waals surface area (Å²) in [5, 5.41) is 15.9. The molecule has 0 aliphatic rings. The number of ether oxygens (including phenoxy) is 2. The lowest BCUT2D eigenvalue weighted by Crippen LogP contribution is -2.39. The van der Waals surface area contributed by atoms with Crippen LogP contribution in [0.5, 0.6) is 0 Å². The first kappa shape index (κ1) is 43.4. The summed E-state index contributed by atoms with van der Waals surface area (Å²) in [4.78, 5) is 35.4. The highest BCUT2D eigenvalue weighted by molar-refractivity contribution is 7.90. The lowest BCUT2D eigenvalue weighted by molar-refractivity contribution is -0.144. The zero-order valence-corrected chi connectivity index (χ0v) is 31.0. The maximum absolute atomic E-state index is 13.9. The van der Waals surface area contributed by atoms with E-state index in [9.17, 15) is 36.7 Å². The van der Waals surface area contributed by atoms with Gasteiger partial charge in [-0.2, -0.15) is 0 Å². The number of hydrogen-bond acceptors (Lipinski definition) is 9. The number of nitrogens with one attached hydrogen (secondary N) is 2. The van der Waals surface area contributed by atoms with Crippen molar-refractivity contribution in [3.8, 4) is 0 Å². The van der Waals surface area contributed by atoms with E-state index < -0.39 is 51.6 Å². The van der Waals surface area contributed by atoms with Crippen LogP contribution in [-0.4, -0.2) is 76.4 Å². The van der Waals surface area contributed by atoms with Gasteiger partial charge in [0.1, 0.15) is 24.7 Å². The normalized spacial score (nSPS) is 13.4. The van der Waals surface area contributed by atoms with Crippen molar-refractivity contribution in [2.24, 2.45) is 0 Å². The molecule has 0 aliphatic carbocycles. The molecule has 0 radical (unpaired) electrons. The standard InChI is InChI=1S/C23H25F2NO6S.C16H23NO2/c1-4-5-20(26-2)23(29)32-13-17(14-6-9-16(10-7-14)33(3,30)31)21(22(27)28)15-8-11-18(24)19(25)12-15;1-4-19-14(3)16(17-13(2)12-18)11-10-15-8-6-5-7-9-15/h6-12,20,26H,4-5,13H2,1-3H3,(H,27,28);5-9,12-13,16-17H,3-4,10-11H2,1-2H3/b21-17+;/t;13?,16-/m.1/s1. The second-order valence-corrected chi connectivity index (χ2v) is 13.9. The zero-order valence-electron chi connectivity index (χ0n) is 30.2. The average Bonchev–Trinajstić information content (AvgIpc) is 3.12. The number of hydrogen-bond donors (Lipinski definition) is 3. The van der Waals surface area contributed by atoms with E-state index in [4.69, 9.17) is 9.47 Å². The third kappa shape index (κ3) is 13.8. The van der Waals surface area contributed by atoms with Crippen LogP contribution in [0.25, 0.3) is 11.1 Å². The van der Waals surface area contributed by atoms with Gasteiger partial charge in [0, 0.05) is 11.8 Å². The predicted molar refractivity (Wildman–Crippen MR) is 197 cm³/mol. The van der Waals surface area contributed by atoms with Gasteiger partial charge in [0.25, 0.3) is 0 Å². The van der Waals surface area contributed by atoms with E-state index in [0.717, 1.165) is 43.6 Å². The number of aldehydes is 1. The monoisotopic (exact) mass is 742 g/mol. The number of sulfone groups is 1. The average molecular weight is 743 g/mol. The summed E-state index contributed by atoms with van der Waals surface area (Å²) in [6, 6.07) is 17.4. The van der Waals surface area contributed by atoms with Gasteiger partial charge in [-0.25, -0.2) is 22.0 Å². The molecule has 282 valence electrons. The number of aliphatic carboxylic acids is 1. The Morgan fingerprint density at radius 1 is 0.923 bits per heavy atom. The lowest BCUT2D eigenvalue weighted by atomic mass is 9.95. The van der Waals surface area contributed by atoms with Gasteiger partial charge in [0.2, 0.25) is 0 Å². The smallest absolute Gasteiger partial charge is 0.336 e. The van der Waals surface area contributed by atoms with Crippen LogP contribution in [0.15, 0.2) is 90.0 Å². The van der Waals surface area contributed by atoms with Crippen molar-refractivity contribution in [1.82, 2.24) is 10.6 Å². The van der Waals surface area contributed by atoms with Crippen molar-refractivity contribution in [1.29, 1.82) is 0 Å². The fraction of sp³-hybridized carbons (Fsp3) is 0.359. The molecule has 3 rings (SSSR count). The minimum absolute atomic E-state index is 0.000330. The summed E-state index contributed by atoms with van der Waals surface area (Å²) in [7, 11) is -1.92. The molecule has 3 atom stereocenters. The van der Waals surface area contributed by atoms with Gasteiger partial charge in [0.05, 0.1) is 29.2 Å². The molecule has 0 spiro atoms. The molecule has 0 heterocycles. The minimum Gasteiger partial charge on any atom is -0.497 e. The van der Waals surface area contributed by atoms with E-state index in [1.807, 2.05) is 39.0 Å². The topological polar surface area (TPSA) is 148 Å². The molecule has 52 heavy (non-hydrogen) atoms. The molecular weight excluding hydrogens is 694 g/mol. The number of benzene rings is 3. The van der Waals surface area contributed by atoms with Crippen LogP contribution in [0, 0.1) is 11.6 Å². The highest BCUT2D eigenvalue weighted by atomic mass is 32.2. The van der Waals surface area contributed by atoms with Crippen molar-refractivity contribution in [3.05, 3.63) is 113 Å². The van der Waals surface area contributed by atoms with Crippen molar-refractivity contribution in [3.63, 3.8) is 0 Å². The van der Waals surface area contributed by atoms with Crippen LogP contribution in [0.2, 0.25) is 0 Å². The first-order valence-electron chi connectivity index (χ1n) is 16.8. The molecule has 3 aromatic carbocycles. The Labute approximate surface area is 304 Å². The molecule has 0 fully saturated rings. The maximum Gasteiger partial charge on any atom is 0.336 e. The Bertz CT molecular complexity index is 1780. The van der Waals surface area contributed by atoms with Crippen molar-refractivity contribution in [2.45, 2.75) is 69.5 Å². The molecule has 13 heteroatoms. The van der Waals surface area contributed by atoms with E-state index in [-0.39, 0.29) is 33.7 Å². The maximum atomic E-state index is 13.9. The van der Waals surface area contributed by atoms with Gasteiger partial charge in [-0.15, -0.1) is 0 Å². The number of aryl methyl sites for hydroxylation is 1. The summed E-state index contributed by atoms with van der Waals surface area (Å²) in [5.74, 6) is -3.76. The number of carboxylic acid groups (broad SMARTS) is 1. The molecule has 10 nitrogen and oxygen atoms in total. The van der Waals surface area contributed by atoms with Gasteiger partial charge in [-0.05, 0) is 81.1 Å². The summed E-state index contributed by atoms with van der Waals surface area (Å²) in [6.45, 7) is 9.71. The van der Waals surface area contributed by atoms with Crippen LogP contribution in [0.1, 0.15) is 56.7 Å². The SMILES string of the molecule is C=C(OCC)[C@@H](CCc1ccccc1)NC(C)C=O.CCCC(NC)C(=O)OC/C(=C(\C(=O)O)c1ccc(F)c(F)c1)c1ccc(S(C)(=O)=O)cc1. The summed E-state index contributed by atoms with van der Waals surface area (Å²) in [6.07, 6.45) is 4.90. The first-order chi connectivity index (χ1) is 24.7. The van der Waals surface area contributed by atoms with Gasteiger partial charge in [0.15, 0.2) is 21.5 Å². The Kier molecular flexibility index (Phi) is 18.0. The minimum atomic E-state index is -3.51. The van der Waals surface area contributed by atoms with E-state index in [1.165, 1.54) is 29.8 Å². The van der Waals surface area contributed by atoms with Gasteiger partial charge >= 0.3 is 11.9 Å². The van der Waals surface area contributed by atoms with E-state index in [1.54, 1.807) is 7.05 Å². The van der Waals surface area contributed by atoms with Crippen LogP contribution < -0.4 is 10.6 Å². The quantitative estimate of drug-likeness (QED) is 0.0439. The Balaban J connectivity index is 0.000000418. The number of halogens is 2. The zero-order chi connectivity index (χ0) is 38.8. The highest BCUT2D eigenvalue weighted by Crippen LogP contribution is 2.29. The molecule has 2 unspecified atom stereocenters. The molecule has 0 aromatic heterocycles. The van der Waals surface area contributed by atoms with Crippen LogP contribution in [-0.2, 0) is 40.1 Å². The van der Waals surface area contributed by atoms with Crippen LogP contribution in [0.4, 0.5) is 8.78 Å². The van der Waals surface area contributed by atoms with Gasteiger partial charge < -0.3 is 24.7 Å². The fourth-order valence-corrected chi connectivity index (χ4v) is 5.76. The molecule has 0 saturated heterocycles. The highest BCUT2D eigenvalue weighted by Gasteiger charge is 2.24. The number of carbonyl (C=O) groups is 3. The Hall–Kier alpha value is -4.72. The molecule has 3 N–H and O–H groups in total. The molecule has 0 saturated carbocycles. The van der Waals surface area contributed by atoms with Gasteiger partial charge in [-0.1, -0.05) is 68.5 Å². The second kappa shape index (κ2) is 21.6. The van der Waals surface area contributed by atoms with Crippen LogP contribution in [0.3, 0.4) is 0 Å².